The third-order valence-electron chi connectivity index (χ3n) is 3.67. The predicted molar refractivity (Wildman–Crippen MR) is 105 cm³/mol. The smallest absolute Gasteiger partial charge is 0.263 e. The molecule has 3 rings (SSSR count). The van der Waals surface area contributed by atoms with Gasteiger partial charge in [-0.25, -0.2) is 8.42 Å². The van der Waals surface area contributed by atoms with E-state index in [0.717, 1.165) is 29.6 Å². The lowest BCUT2D eigenvalue weighted by Crippen LogP contribution is -2.22. The number of amidine groups is 1. The van der Waals surface area contributed by atoms with Crippen LogP contribution in [0, 0.1) is 0 Å². The molecule has 2 aromatic rings. The number of fused-ring (bicyclic) bond motifs is 1. The van der Waals surface area contributed by atoms with Crippen molar-refractivity contribution in [2.45, 2.75) is 17.2 Å². The van der Waals surface area contributed by atoms with Gasteiger partial charge < -0.3 is 9.32 Å². The minimum atomic E-state index is -3.56. The van der Waals surface area contributed by atoms with Crippen LogP contribution in [0.5, 0.6) is 0 Å². The van der Waals surface area contributed by atoms with Crippen LogP contribution < -0.4 is 4.72 Å². The summed E-state index contributed by atoms with van der Waals surface area (Å²) in [5.74, 6) is 3.68. The van der Waals surface area contributed by atoms with Crippen LogP contribution in [-0.2, 0) is 22.3 Å². The van der Waals surface area contributed by atoms with Crippen LogP contribution in [0.3, 0.4) is 0 Å². The number of halogens is 1. The molecule has 26 heavy (non-hydrogen) atoms. The average molecular weight is 414 g/mol. The van der Waals surface area contributed by atoms with Crippen LogP contribution in [0.2, 0.25) is 5.02 Å². The Morgan fingerprint density at radius 1 is 1.23 bits per heavy atom. The lowest BCUT2D eigenvalue weighted by atomic mass is 10.2. The van der Waals surface area contributed by atoms with E-state index in [-0.39, 0.29) is 4.90 Å². The maximum Gasteiger partial charge on any atom is 0.263 e. The van der Waals surface area contributed by atoms with Gasteiger partial charge in [0.2, 0.25) is 0 Å². The number of thioether (sulfide) groups is 1. The zero-order chi connectivity index (χ0) is 18.7. The Morgan fingerprint density at radius 3 is 2.77 bits per heavy atom. The van der Waals surface area contributed by atoms with Gasteiger partial charge in [0.1, 0.15) is 17.4 Å². The summed E-state index contributed by atoms with van der Waals surface area (Å²) in [4.78, 5) is 6.61. The van der Waals surface area contributed by atoms with E-state index in [1.54, 1.807) is 23.9 Å². The summed E-state index contributed by atoms with van der Waals surface area (Å²) in [7, 11) is 0.434. The summed E-state index contributed by atoms with van der Waals surface area (Å²) in [6, 6.07) is 8.78. The fraction of sp³-hybridized carbons (Fsp3) is 0.353. The Hall–Kier alpha value is -1.48. The van der Waals surface area contributed by atoms with Crippen LogP contribution in [0.1, 0.15) is 17.1 Å². The second kappa shape index (κ2) is 8.04. The number of aliphatic imine (C=N–C) groups is 1. The number of benzene rings is 1. The number of rotatable bonds is 7. The largest absolute Gasteiger partial charge is 0.464 e. The van der Waals surface area contributed by atoms with Crippen molar-refractivity contribution < 1.29 is 12.8 Å². The summed E-state index contributed by atoms with van der Waals surface area (Å²) in [5, 5.41) is 0.381. The Morgan fingerprint density at radius 2 is 2.00 bits per heavy atom. The Kier molecular flexibility index (Phi) is 5.96. The van der Waals surface area contributed by atoms with Crippen molar-refractivity contribution in [3.63, 3.8) is 0 Å². The first-order chi connectivity index (χ1) is 12.4. The SMILES string of the molecule is CN(C)Cc1ccc(CSCCN=C2NS(=O)(=O)c3cccc(Cl)c32)o1. The summed E-state index contributed by atoms with van der Waals surface area (Å²) in [6.45, 7) is 1.26. The van der Waals surface area contributed by atoms with Crippen molar-refractivity contribution >= 4 is 39.2 Å². The van der Waals surface area contributed by atoms with Crippen molar-refractivity contribution in [3.8, 4) is 0 Å². The minimum absolute atomic E-state index is 0.181. The molecule has 1 aromatic carbocycles. The first-order valence-corrected chi connectivity index (χ1v) is 11.0. The summed E-state index contributed by atoms with van der Waals surface area (Å²) in [5.41, 5.74) is 0.457. The van der Waals surface area contributed by atoms with Crippen molar-refractivity contribution in [1.82, 2.24) is 9.62 Å². The van der Waals surface area contributed by atoms with Crippen LogP contribution >= 0.6 is 23.4 Å². The Bertz CT molecular complexity index is 923. The quantitative estimate of drug-likeness (QED) is 0.706. The zero-order valence-electron chi connectivity index (χ0n) is 14.5. The molecule has 1 aliphatic heterocycles. The van der Waals surface area contributed by atoms with Crippen LogP contribution in [0.25, 0.3) is 0 Å². The van der Waals surface area contributed by atoms with Gasteiger partial charge in [-0.3, -0.25) is 9.71 Å². The molecule has 0 saturated heterocycles. The van der Waals surface area contributed by atoms with Crippen molar-refractivity contribution in [1.29, 1.82) is 0 Å². The molecule has 2 heterocycles. The van der Waals surface area contributed by atoms with Crippen molar-refractivity contribution in [2.75, 3.05) is 26.4 Å². The highest BCUT2D eigenvalue weighted by molar-refractivity contribution is 7.98. The second-order valence-corrected chi connectivity index (χ2v) is 9.27. The molecule has 0 saturated carbocycles. The van der Waals surface area contributed by atoms with E-state index in [0.29, 0.717) is 23.0 Å². The van der Waals surface area contributed by atoms with Gasteiger partial charge in [0.05, 0.1) is 34.3 Å². The zero-order valence-corrected chi connectivity index (χ0v) is 16.9. The Labute approximate surface area is 162 Å². The molecule has 0 unspecified atom stereocenters. The monoisotopic (exact) mass is 413 g/mol. The van der Waals surface area contributed by atoms with Gasteiger partial charge in [0.25, 0.3) is 10.0 Å². The van der Waals surface area contributed by atoms with Gasteiger partial charge in [0, 0.05) is 5.75 Å². The second-order valence-electron chi connectivity index (χ2n) is 6.11. The summed E-state index contributed by atoms with van der Waals surface area (Å²) < 4.78 is 32.4. The maximum atomic E-state index is 12.1. The topological polar surface area (TPSA) is 74.9 Å². The molecule has 0 spiro atoms. The molecule has 0 aliphatic carbocycles. The van der Waals surface area contributed by atoms with Crippen LogP contribution in [-0.4, -0.2) is 45.5 Å². The molecule has 9 heteroatoms. The Balaban J connectivity index is 1.55. The fourth-order valence-corrected chi connectivity index (χ4v) is 4.90. The van der Waals surface area contributed by atoms with Gasteiger partial charge in [-0.05, 0) is 38.4 Å². The predicted octanol–water partition coefficient (Wildman–Crippen LogP) is 2.97. The highest BCUT2D eigenvalue weighted by Gasteiger charge is 2.32. The number of nitrogens with one attached hydrogen (secondary N) is 1. The van der Waals surface area contributed by atoms with E-state index in [1.165, 1.54) is 6.07 Å². The molecular weight excluding hydrogens is 394 g/mol. The molecule has 0 radical (unpaired) electrons. The third kappa shape index (κ3) is 4.43. The van der Waals surface area contributed by atoms with Crippen LogP contribution in [0.15, 0.2) is 44.6 Å². The number of hydrogen-bond donors (Lipinski definition) is 1. The van der Waals surface area contributed by atoms with E-state index in [4.69, 9.17) is 16.0 Å². The highest BCUT2D eigenvalue weighted by Crippen LogP contribution is 2.29. The number of furan rings is 1. The van der Waals surface area contributed by atoms with Gasteiger partial charge >= 0.3 is 0 Å². The first kappa shape index (κ1) is 19.3. The summed E-state index contributed by atoms with van der Waals surface area (Å²) in [6.07, 6.45) is 0. The molecule has 0 amide bonds. The van der Waals surface area contributed by atoms with Gasteiger partial charge in [0.15, 0.2) is 0 Å². The van der Waals surface area contributed by atoms with E-state index in [9.17, 15) is 8.42 Å². The lowest BCUT2D eigenvalue weighted by Gasteiger charge is -2.05. The van der Waals surface area contributed by atoms with Gasteiger partial charge in [-0.15, -0.1) is 0 Å². The van der Waals surface area contributed by atoms with Gasteiger partial charge in [-0.2, -0.15) is 11.8 Å². The lowest BCUT2D eigenvalue weighted by molar-refractivity contribution is 0.344. The number of hydrogen-bond acceptors (Lipinski definition) is 6. The molecule has 140 valence electrons. The standard InChI is InChI=1S/C17H20ClN3O3S2/c1-21(2)10-12-6-7-13(24-12)11-25-9-8-19-17-16-14(18)4-3-5-15(16)26(22,23)20-17/h3-7H,8-11H2,1-2H3,(H,19,20). The van der Waals surface area contributed by atoms with Crippen molar-refractivity contribution in [3.05, 3.63) is 52.4 Å². The van der Waals surface area contributed by atoms with Crippen LogP contribution in [0.4, 0.5) is 0 Å². The van der Waals surface area contributed by atoms with E-state index >= 15 is 0 Å². The van der Waals surface area contributed by atoms with E-state index in [1.807, 2.05) is 26.2 Å². The highest BCUT2D eigenvalue weighted by atomic mass is 35.5. The molecule has 6 nitrogen and oxygen atoms in total. The molecule has 0 fully saturated rings. The molecule has 0 atom stereocenters. The number of sulfonamides is 1. The van der Waals surface area contributed by atoms with E-state index in [2.05, 4.69) is 14.6 Å². The molecule has 1 aromatic heterocycles. The number of nitrogens with zero attached hydrogens (tertiary/aromatic N) is 2. The normalized spacial score (nSPS) is 16.8. The van der Waals surface area contributed by atoms with Crippen molar-refractivity contribution in [2.24, 2.45) is 4.99 Å². The maximum absolute atomic E-state index is 12.1. The molecule has 0 bridgehead atoms. The average Bonchev–Trinajstić information content (AvgIpc) is 3.10. The van der Waals surface area contributed by atoms with E-state index < -0.39 is 10.0 Å². The fourth-order valence-electron chi connectivity index (χ4n) is 2.59. The van der Waals surface area contributed by atoms with Gasteiger partial charge in [-0.1, -0.05) is 17.7 Å². The first-order valence-electron chi connectivity index (χ1n) is 8.03. The summed E-state index contributed by atoms with van der Waals surface area (Å²) >= 11 is 7.83. The molecule has 1 aliphatic rings. The molecular formula is C17H20ClN3O3S2. The molecule has 1 N–H and O–H groups in total. The minimum Gasteiger partial charge on any atom is -0.464 e. The third-order valence-corrected chi connectivity index (χ3v) is 6.33.